The van der Waals surface area contributed by atoms with Crippen molar-refractivity contribution in [1.82, 2.24) is 0 Å². The number of rotatable bonds is 9. The number of sulfone groups is 1. The number of ether oxygens (including phenoxy) is 1. The molecule has 0 saturated heterocycles. The van der Waals surface area contributed by atoms with Gasteiger partial charge in [-0.1, -0.05) is 18.2 Å². The summed E-state index contributed by atoms with van der Waals surface area (Å²) in [6, 6.07) is 8.92. The van der Waals surface area contributed by atoms with Gasteiger partial charge in [0.2, 0.25) is 5.91 Å². The number of nitrogens with one attached hydrogen (secondary N) is 1. The molecule has 0 aliphatic heterocycles. The Labute approximate surface area is 165 Å². The highest BCUT2D eigenvalue weighted by Gasteiger charge is 2.24. The van der Waals surface area contributed by atoms with Gasteiger partial charge in [-0.2, -0.15) is 0 Å². The molecule has 11 heteroatoms. The number of nitrogens with zero attached hydrogens (tertiary/aromatic N) is 1. The van der Waals surface area contributed by atoms with E-state index in [4.69, 9.17) is 4.74 Å². The highest BCUT2D eigenvalue weighted by atomic mass is 32.2. The van der Waals surface area contributed by atoms with E-state index in [1.165, 1.54) is 12.1 Å². The summed E-state index contributed by atoms with van der Waals surface area (Å²) in [5.74, 6) is -1.56. The number of benzene rings is 1. The monoisotopic (exact) mass is 426 g/mol. The average molecular weight is 426 g/mol. The first-order valence-electron chi connectivity index (χ1n) is 8.27. The van der Waals surface area contributed by atoms with E-state index in [-0.39, 0.29) is 45.7 Å². The van der Waals surface area contributed by atoms with E-state index in [0.29, 0.717) is 11.3 Å². The summed E-state index contributed by atoms with van der Waals surface area (Å²) in [5, 5.41) is 13.1. The van der Waals surface area contributed by atoms with E-state index in [1.807, 2.05) is 0 Å². The molecule has 0 spiro atoms. The molecule has 2 aromatic rings. The second-order valence-electron chi connectivity index (χ2n) is 5.59. The molecule has 28 heavy (non-hydrogen) atoms. The van der Waals surface area contributed by atoms with Crippen LogP contribution in [0, 0.1) is 10.1 Å². The fraction of sp³-hybridized carbons (Fsp3) is 0.294. The van der Waals surface area contributed by atoms with Crippen LogP contribution in [0.3, 0.4) is 0 Å². The van der Waals surface area contributed by atoms with E-state index in [9.17, 15) is 28.1 Å². The van der Waals surface area contributed by atoms with Crippen LogP contribution in [0.15, 0.2) is 41.3 Å². The van der Waals surface area contributed by atoms with E-state index < -0.39 is 26.6 Å². The van der Waals surface area contributed by atoms with Gasteiger partial charge in [0.25, 0.3) is 0 Å². The predicted molar refractivity (Wildman–Crippen MR) is 103 cm³/mol. The number of anilines is 1. The van der Waals surface area contributed by atoms with Crippen molar-refractivity contribution >= 4 is 43.1 Å². The van der Waals surface area contributed by atoms with Crippen molar-refractivity contribution in [3.63, 3.8) is 0 Å². The van der Waals surface area contributed by atoms with Gasteiger partial charge in [0.1, 0.15) is 10.6 Å². The van der Waals surface area contributed by atoms with Gasteiger partial charge in [-0.05, 0) is 36.8 Å². The molecule has 1 aromatic heterocycles. The first kappa shape index (κ1) is 21.5. The summed E-state index contributed by atoms with van der Waals surface area (Å²) < 4.78 is 29.2. The predicted octanol–water partition coefficient (Wildman–Crippen LogP) is 3.03. The van der Waals surface area contributed by atoms with Gasteiger partial charge in [-0.25, -0.2) is 13.2 Å². The van der Waals surface area contributed by atoms with Crippen LogP contribution in [-0.4, -0.2) is 37.6 Å². The maximum Gasteiger partial charge on any atom is 0.341 e. The van der Waals surface area contributed by atoms with Crippen LogP contribution < -0.4 is 5.32 Å². The summed E-state index contributed by atoms with van der Waals surface area (Å²) in [6.07, 6.45) is -0.0642. The summed E-state index contributed by atoms with van der Waals surface area (Å²) in [4.78, 5) is 34.5. The quantitative estimate of drug-likeness (QED) is 0.370. The van der Waals surface area contributed by atoms with Crippen molar-refractivity contribution in [3.05, 3.63) is 52.1 Å². The van der Waals surface area contributed by atoms with Crippen LogP contribution in [0.2, 0.25) is 0 Å². The lowest BCUT2D eigenvalue weighted by Crippen LogP contribution is -2.15. The van der Waals surface area contributed by atoms with Crippen LogP contribution in [0.25, 0.3) is 0 Å². The second kappa shape index (κ2) is 9.42. The largest absolute Gasteiger partial charge is 0.462 e. The zero-order valence-electron chi connectivity index (χ0n) is 14.9. The number of hydrogen-bond acceptors (Lipinski definition) is 8. The Morgan fingerprint density at radius 2 is 1.93 bits per heavy atom. The van der Waals surface area contributed by atoms with Gasteiger partial charge in [-0.3, -0.25) is 14.9 Å². The lowest BCUT2D eigenvalue weighted by Gasteiger charge is -2.06. The number of hydrogen-bond donors (Lipinski definition) is 1. The maximum atomic E-state index is 12.2. The molecule has 0 saturated carbocycles. The average Bonchev–Trinajstić information content (AvgIpc) is 3.06. The highest BCUT2D eigenvalue weighted by Crippen LogP contribution is 2.34. The Morgan fingerprint density at radius 1 is 1.25 bits per heavy atom. The van der Waals surface area contributed by atoms with Gasteiger partial charge in [0.05, 0.1) is 22.2 Å². The molecule has 0 fully saturated rings. The molecular formula is C17H18N2O7S2. The third-order valence-electron chi connectivity index (χ3n) is 3.57. The number of carbonyl (C=O) groups is 2. The summed E-state index contributed by atoms with van der Waals surface area (Å²) in [6.45, 7) is 1.66. The first-order chi connectivity index (χ1) is 13.2. The van der Waals surface area contributed by atoms with Crippen LogP contribution >= 0.6 is 11.3 Å². The van der Waals surface area contributed by atoms with Crippen molar-refractivity contribution < 1.29 is 27.7 Å². The second-order valence-corrected chi connectivity index (χ2v) is 8.73. The van der Waals surface area contributed by atoms with Crippen molar-refractivity contribution in [1.29, 1.82) is 0 Å². The Balaban J connectivity index is 2.01. The molecule has 0 aliphatic carbocycles. The number of thiophene rings is 1. The topological polar surface area (TPSA) is 133 Å². The van der Waals surface area contributed by atoms with Crippen LogP contribution in [-0.2, 0) is 19.4 Å². The number of amides is 1. The van der Waals surface area contributed by atoms with Crippen molar-refractivity contribution in [3.8, 4) is 0 Å². The van der Waals surface area contributed by atoms with E-state index in [1.54, 1.807) is 25.1 Å². The normalized spacial score (nSPS) is 11.0. The Hall–Kier alpha value is -2.79. The molecule has 0 atom stereocenters. The SMILES string of the molecule is CCOC(=O)c1cc([N+](=O)[O-])sc1NC(=O)CCCS(=O)(=O)c1ccccc1. The zero-order chi connectivity index (χ0) is 20.7. The first-order valence-corrected chi connectivity index (χ1v) is 10.7. The molecule has 9 nitrogen and oxygen atoms in total. The van der Waals surface area contributed by atoms with Gasteiger partial charge < -0.3 is 10.1 Å². The summed E-state index contributed by atoms with van der Waals surface area (Å²) in [5.41, 5.74) is -0.108. The maximum absolute atomic E-state index is 12.2. The molecule has 0 unspecified atom stereocenters. The molecule has 1 aromatic carbocycles. The minimum absolute atomic E-state index is 0.000988. The molecular weight excluding hydrogens is 408 g/mol. The standard InChI is InChI=1S/C17H18N2O7S2/c1-2-26-17(21)13-11-15(19(22)23)27-16(13)18-14(20)9-6-10-28(24,25)12-7-4-3-5-8-12/h3-5,7-8,11H,2,6,9-10H2,1H3,(H,18,20). The van der Waals surface area contributed by atoms with E-state index >= 15 is 0 Å². The molecule has 0 bridgehead atoms. The van der Waals surface area contributed by atoms with Crippen LogP contribution in [0.1, 0.15) is 30.1 Å². The molecule has 2 rings (SSSR count). The molecule has 0 radical (unpaired) electrons. The fourth-order valence-corrected chi connectivity index (χ4v) is 4.49. The van der Waals surface area contributed by atoms with Crippen LogP contribution in [0.4, 0.5) is 10.0 Å². The number of nitro groups is 1. The van der Waals surface area contributed by atoms with E-state index in [2.05, 4.69) is 5.32 Å². The molecule has 1 heterocycles. The third kappa shape index (κ3) is 5.60. The van der Waals surface area contributed by atoms with Crippen molar-refractivity contribution in [2.45, 2.75) is 24.7 Å². The summed E-state index contributed by atoms with van der Waals surface area (Å²) >= 11 is 0.636. The number of carbonyl (C=O) groups excluding carboxylic acids is 2. The Morgan fingerprint density at radius 3 is 2.54 bits per heavy atom. The van der Waals surface area contributed by atoms with Gasteiger partial charge >= 0.3 is 11.0 Å². The molecule has 0 aliphatic rings. The molecule has 150 valence electrons. The van der Waals surface area contributed by atoms with Gasteiger partial charge in [0, 0.05) is 12.5 Å². The smallest absolute Gasteiger partial charge is 0.341 e. The van der Waals surface area contributed by atoms with Crippen molar-refractivity contribution in [2.75, 3.05) is 17.7 Å². The minimum Gasteiger partial charge on any atom is -0.462 e. The third-order valence-corrected chi connectivity index (χ3v) is 6.39. The highest BCUT2D eigenvalue weighted by molar-refractivity contribution is 7.91. The lowest BCUT2D eigenvalue weighted by atomic mass is 10.3. The zero-order valence-corrected chi connectivity index (χ0v) is 16.5. The fourth-order valence-electron chi connectivity index (χ4n) is 2.28. The Kier molecular flexibility index (Phi) is 7.24. The lowest BCUT2D eigenvalue weighted by molar-refractivity contribution is -0.380. The summed E-state index contributed by atoms with van der Waals surface area (Å²) in [7, 11) is -3.51. The van der Waals surface area contributed by atoms with Gasteiger partial charge in [-0.15, -0.1) is 0 Å². The number of esters is 1. The minimum atomic E-state index is -3.51. The van der Waals surface area contributed by atoms with Crippen LogP contribution in [0.5, 0.6) is 0 Å². The van der Waals surface area contributed by atoms with Gasteiger partial charge in [0.15, 0.2) is 9.84 Å². The Bertz CT molecular complexity index is 969. The molecule has 1 N–H and O–H groups in total. The van der Waals surface area contributed by atoms with Crippen molar-refractivity contribution in [2.24, 2.45) is 0 Å². The van der Waals surface area contributed by atoms with E-state index in [0.717, 1.165) is 6.07 Å². The molecule has 1 amide bonds.